The maximum absolute atomic E-state index is 13.2. The Morgan fingerprint density at radius 2 is 1.79 bits per heavy atom. The molecule has 172 valence electrons. The van der Waals surface area contributed by atoms with Gasteiger partial charge in [0.25, 0.3) is 5.91 Å². The number of carbonyl (C=O) groups excluding carboxylic acids is 2. The number of allylic oxidation sites excluding steroid dienone is 1. The largest absolute Gasteiger partial charge is 0.503 e. The van der Waals surface area contributed by atoms with E-state index in [1.165, 1.54) is 11.0 Å². The smallest absolute Gasteiger partial charge is 0.290 e. The molecule has 1 amide bonds. The number of ketones is 1. The predicted octanol–water partition coefficient (Wildman–Crippen LogP) is 4.30. The van der Waals surface area contributed by atoms with Gasteiger partial charge in [0.1, 0.15) is 0 Å². The molecule has 1 fully saturated rings. The maximum Gasteiger partial charge on any atom is 0.290 e. The number of hydrogen-bond donors (Lipinski definition) is 1. The SMILES string of the molecule is O=C(/C=C/c1ccccc1)C1=C(O)C(=O)N(CCN2CCOCC2)C1c1ccc(Cl)c(Cl)c1. The van der Waals surface area contributed by atoms with Crippen LogP contribution in [0.2, 0.25) is 10.0 Å². The number of benzene rings is 2. The van der Waals surface area contributed by atoms with Gasteiger partial charge < -0.3 is 14.7 Å². The topological polar surface area (TPSA) is 70.1 Å². The number of nitrogens with zero attached hydrogens (tertiary/aromatic N) is 2. The van der Waals surface area contributed by atoms with Gasteiger partial charge in [-0.05, 0) is 29.3 Å². The van der Waals surface area contributed by atoms with Gasteiger partial charge in [0, 0.05) is 26.2 Å². The molecule has 2 aliphatic rings. The van der Waals surface area contributed by atoms with Gasteiger partial charge >= 0.3 is 0 Å². The third kappa shape index (κ3) is 5.31. The third-order valence-corrected chi connectivity index (χ3v) is 6.56. The van der Waals surface area contributed by atoms with Crippen LogP contribution in [0.1, 0.15) is 17.2 Å². The molecular formula is C25H24Cl2N2O4. The van der Waals surface area contributed by atoms with Crippen LogP contribution >= 0.6 is 23.2 Å². The molecule has 0 spiro atoms. The van der Waals surface area contributed by atoms with Crippen molar-refractivity contribution in [3.05, 3.63) is 87.1 Å². The summed E-state index contributed by atoms with van der Waals surface area (Å²) in [5, 5.41) is 11.4. The molecule has 2 aromatic carbocycles. The molecule has 1 N–H and O–H groups in total. The molecule has 6 nitrogen and oxygen atoms in total. The lowest BCUT2D eigenvalue weighted by Gasteiger charge is -2.31. The monoisotopic (exact) mass is 486 g/mol. The standard InChI is InChI=1S/C25H24Cl2N2O4/c26-19-8-7-18(16-20(19)27)23-22(21(30)9-6-17-4-2-1-3-5-17)24(31)25(32)29(23)11-10-28-12-14-33-15-13-28/h1-9,16,23,31H,10-15H2/b9-6+. The summed E-state index contributed by atoms with van der Waals surface area (Å²) in [6, 6.07) is 13.6. The normalized spacial score (nSPS) is 19.6. The molecule has 1 unspecified atom stereocenters. The van der Waals surface area contributed by atoms with Gasteiger partial charge in [-0.2, -0.15) is 0 Å². The van der Waals surface area contributed by atoms with Gasteiger partial charge in [-0.15, -0.1) is 0 Å². The highest BCUT2D eigenvalue weighted by atomic mass is 35.5. The summed E-state index contributed by atoms with van der Waals surface area (Å²) in [6.45, 7) is 3.76. The van der Waals surface area contributed by atoms with Crippen LogP contribution in [0, 0.1) is 0 Å². The highest BCUT2D eigenvalue weighted by molar-refractivity contribution is 6.42. The molecule has 0 bridgehead atoms. The summed E-state index contributed by atoms with van der Waals surface area (Å²) >= 11 is 12.3. The van der Waals surface area contributed by atoms with Gasteiger partial charge in [0.2, 0.25) is 0 Å². The van der Waals surface area contributed by atoms with Crippen LogP contribution in [0.3, 0.4) is 0 Å². The number of halogens is 2. The molecule has 2 heterocycles. The lowest BCUT2D eigenvalue weighted by molar-refractivity contribution is -0.129. The van der Waals surface area contributed by atoms with Crippen molar-refractivity contribution in [2.24, 2.45) is 0 Å². The first-order chi connectivity index (χ1) is 16.0. The van der Waals surface area contributed by atoms with E-state index in [0.717, 1.165) is 18.7 Å². The average molecular weight is 487 g/mol. The summed E-state index contributed by atoms with van der Waals surface area (Å²) in [4.78, 5) is 29.9. The van der Waals surface area contributed by atoms with Crippen molar-refractivity contribution in [2.45, 2.75) is 6.04 Å². The van der Waals surface area contributed by atoms with Crippen molar-refractivity contribution < 1.29 is 19.4 Å². The second-order valence-corrected chi connectivity index (χ2v) is 8.71. The van der Waals surface area contributed by atoms with Crippen molar-refractivity contribution in [1.29, 1.82) is 0 Å². The van der Waals surface area contributed by atoms with Crippen molar-refractivity contribution in [3.63, 3.8) is 0 Å². The molecule has 2 aromatic rings. The zero-order valence-corrected chi connectivity index (χ0v) is 19.4. The minimum Gasteiger partial charge on any atom is -0.503 e. The fraction of sp³-hybridized carbons (Fsp3) is 0.280. The van der Waals surface area contributed by atoms with Gasteiger partial charge in [0.15, 0.2) is 11.5 Å². The second-order valence-electron chi connectivity index (χ2n) is 7.90. The van der Waals surface area contributed by atoms with E-state index < -0.39 is 23.5 Å². The molecule has 1 atom stereocenters. The van der Waals surface area contributed by atoms with Gasteiger partial charge in [-0.25, -0.2) is 0 Å². The summed E-state index contributed by atoms with van der Waals surface area (Å²) in [7, 11) is 0. The van der Waals surface area contributed by atoms with E-state index in [4.69, 9.17) is 27.9 Å². The number of aliphatic hydroxyl groups is 1. The maximum atomic E-state index is 13.2. The highest BCUT2D eigenvalue weighted by Crippen LogP contribution is 2.39. The zero-order chi connectivity index (χ0) is 23.4. The Hall–Kier alpha value is -2.64. The van der Waals surface area contributed by atoms with E-state index in [1.807, 2.05) is 30.3 Å². The molecule has 1 saturated heterocycles. The molecule has 0 radical (unpaired) electrons. The molecule has 0 saturated carbocycles. The molecule has 8 heteroatoms. The number of carbonyl (C=O) groups is 2. The van der Waals surface area contributed by atoms with Crippen molar-refractivity contribution in [1.82, 2.24) is 9.80 Å². The first-order valence-electron chi connectivity index (χ1n) is 10.7. The van der Waals surface area contributed by atoms with Crippen LogP contribution in [-0.4, -0.2) is 66.0 Å². The van der Waals surface area contributed by atoms with Crippen LogP contribution in [-0.2, 0) is 14.3 Å². The second kappa shape index (κ2) is 10.5. The molecule has 0 aromatic heterocycles. The number of aliphatic hydroxyl groups excluding tert-OH is 1. The zero-order valence-electron chi connectivity index (χ0n) is 17.9. The number of amides is 1. The fourth-order valence-corrected chi connectivity index (χ4v) is 4.37. The molecule has 0 aliphatic carbocycles. The third-order valence-electron chi connectivity index (χ3n) is 5.82. The Balaban J connectivity index is 1.64. The fourth-order valence-electron chi connectivity index (χ4n) is 4.06. The Morgan fingerprint density at radius 3 is 2.48 bits per heavy atom. The first kappa shape index (κ1) is 23.5. The first-order valence-corrected chi connectivity index (χ1v) is 11.5. The van der Waals surface area contributed by atoms with E-state index >= 15 is 0 Å². The lowest BCUT2D eigenvalue weighted by Crippen LogP contribution is -2.43. The van der Waals surface area contributed by atoms with Crippen LogP contribution in [0.5, 0.6) is 0 Å². The Morgan fingerprint density at radius 1 is 1.06 bits per heavy atom. The average Bonchev–Trinajstić information content (AvgIpc) is 3.09. The number of hydrogen-bond acceptors (Lipinski definition) is 5. The molecule has 2 aliphatic heterocycles. The van der Waals surface area contributed by atoms with Gasteiger partial charge in [0.05, 0.1) is 34.9 Å². The Bertz CT molecular complexity index is 1090. The minimum absolute atomic E-state index is 0.0348. The van der Waals surface area contributed by atoms with Crippen LogP contribution < -0.4 is 0 Å². The van der Waals surface area contributed by atoms with Crippen molar-refractivity contribution in [2.75, 3.05) is 39.4 Å². The van der Waals surface area contributed by atoms with Gasteiger partial charge in [-0.1, -0.05) is 65.7 Å². The number of ether oxygens (including phenoxy) is 1. The predicted molar refractivity (Wildman–Crippen MR) is 128 cm³/mol. The van der Waals surface area contributed by atoms with Gasteiger partial charge in [-0.3, -0.25) is 14.5 Å². The summed E-state index contributed by atoms with van der Waals surface area (Å²) in [5.74, 6) is -1.54. The highest BCUT2D eigenvalue weighted by Gasteiger charge is 2.43. The lowest BCUT2D eigenvalue weighted by atomic mass is 9.95. The van der Waals surface area contributed by atoms with E-state index in [0.29, 0.717) is 41.9 Å². The Labute approximate surface area is 202 Å². The van der Waals surface area contributed by atoms with E-state index in [9.17, 15) is 14.7 Å². The van der Waals surface area contributed by atoms with Crippen LogP contribution in [0.4, 0.5) is 0 Å². The van der Waals surface area contributed by atoms with E-state index in [2.05, 4.69) is 4.90 Å². The Kier molecular flexibility index (Phi) is 7.50. The molecular weight excluding hydrogens is 463 g/mol. The quantitative estimate of drug-likeness (QED) is 0.590. The van der Waals surface area contributed by atoms with E-state index in [1.54, 1.807) is 24.3 Å². The summed E-state index contributed by atoms with van der Waals surface area (Å²) in [5.41, 5.74) is 1.48. The minimum atomic E-state index is -0.763. The number of morpholine rings is 1. The molecule has 4 rings (SSSR count). The number of rotatable bonds is 7. The van der Waals surface area contributed by atoms with Crippen LogP contribution in [0.25, 0.3) is 6.08 Å². The summed E-state index contributed by atoms with van der Waals surface area (Å²) < 4.78 is 5.39. The molecule has 33 heavy (non-hydrogen) atoms. The summed E-state index contributed by atoms with van der Waals surface area (Å²) in [6.07, 6.45) is 3.04. The van der Waals surface area contributed by atoms with E-state index in [-0.39, 0.29) is 5.57 Å². The van der Waals surface area contributed by atoms with Crippen LogP contribution in [0.15, 0.2) is 65.9 Å². The van der Waals surface area contributed by atoms with Crippen molar-refractivity contribution in [3.8, 4) is 0 Å². The van der Waals surface area contributed by atoms with Crippen molar-refractivity contribution >= 4 is 41.0 Å².